The van der Waals surface area contributed by atoms with Gasteiger partial charge in [-0.3, -0.25) is 4.79 Å². The second-order valence-corrected chi connectivity index (χ2v) is 4.78. The lowest BCUT2D eigenvalue weighted by Crippen LogP contribution is -2.26. The molecule has 1 rings (SSSR count). The van der Waals surface area contributed by atoms with Gasteiger partial charge in [-0.1, -0.05) is 0 Å². The summed E-state index contributed by atoms with van der Waals surface area (Å²) in [7, 11) is 1.50. The van der Waals surface area contributed by atoms with E-state index in [1.807, 2.05) is 0 Å². The maximum absolute atomic E-state index is 13.9. The molecule has 1 N–H and O–H groups in total. The molecule has 1 aromatic carbocycles. The molecule has 0 spiro atoms. The van der Waals surface area contributed by atoms with Gasteiger partial charge in [0.15, 0.2) is 0 Å². The van der Waals surface area contributed by atoms with Crippen LogP contribution in [-0.4, -0.2) is 18.2 Å². The van der Waals surface area contributed by atoms with Crippen LogP contribution in [0.5, 0.6) is 5.75 Å². The molecular weight excluding hydrogens is 223 g/mol. The van der Waals surface area contributed by atoms with Crippen molar-refractivity contribution in [3.63, 3.8) is 0 Å². The summed E-state index contributed by atoms with van der Waals surface area (Å²) in [5, 5.41) is 9.04. The van der Waals surface area contributed by atoms with E-state index in [9.17, 15) is 9.18 Å². The average molecular weight is 240 g/mol. The van der Waals surface area contributed by atoms with Gasteiger partial charge in [-0.05, 0) is 50.5 Å². The first kappa shape index (κ1) is 13.5. The molecule has 0 saturated carbocycles. The molecule has 0 aliphatic rings. The Hall–Kier alpha value is -1.58. The molecule has 3 nitrogen and oxygen atoms in total. The van der Waals surface area contributed by atoms with Gasteiger partial charge in [-0.25, -0.2) is 4.39 Å². The highest BCUT2D eigenvalue weighted by Crippen LogP contribution is 2.28. The Morgan fingerprint density at radius 1 is 1.47 bits per heavy atom. The number of hydrogen-bond donors (Lipinski definition) is 1. The van der Waals surface area contributed by atoms with Crippen LogP contribution >= 0.6 is 0 Å². The summed E-state index contributed by atoms with van der Waals surface area (Å²) in [5.41, 5.74) is -0.172. The second-order valence-electron chi connectivity index (χ2n) is 4.78. The summed E-state index contributed by atoms with van der Waals surface area (Å²) in [6.45, 7) is 4.78. The van der Waals surface area contributed by atoms with Crippen molar-refractivity contribution in [1.82, 2.24) is 0 Å². The van der Waals surface area contributed by atoms with Gasteiger partial charge in [-0.2, -0.15) is 0 Å². The third-order valence-corrected chi connectivity index (χ3v) is 2.75. The molecule has 0 saturated heterocycles. The highest BCUT2D eigenvalue weighted by atomic mass is 19.1. The number of carbonyl (C=O) groups is 1. The van der Waals surface area contributed by atoms with Crippen molar-refractivity contribution in [2.24, 2.45) is 5.41 Å². The number of carboxylic acid groups (broad SMARTS) is 1. The largest absolute Gasteiger partial charge is 0.497 e. The number of ether oxygens (including phenoxy) is 1. The van der Waals surface area contributed by atoms with Crippen LogP contribution < -0.4 is 4.74 Å². The van der Waals surface area contributed by atoms with Crippen molar-refractivity contribution < 1.29 is 19.0 Å². The summed E-state index contributed by atoms with van der Waals surface area (Å²) in [4.78, 5) is 11.0. The summed E-state index contributed by atoms with van der Waals surface area (Å²) in [5.74, 6) is -0.766. The highest BCUT2D eigenvalue weighted by Gasteiger charge is 2.29. The van der Waals surface area contributed by atoms with Crippen LogP contribution in [0.1, 0.15) is 25.0 Å². The molecule has 1 aromatic rings. The fourth-order valence-corrected chi connectivity index (χ4v) is 1.60. The Bertz CT molecular complexity index is 439. The van der Waals surface area contributed by atoms with Crippen molar-refractivity contribution in [2.45, 2.75) is 27.2 Å². The zero-order valence-corrected chi connectivity index (χ0v) is 10.5. The number of benzene rings is 1. The standard InChI is InChI=1S/C13H17FO3/c1-8-5-10(17-4)6-9(11(8)14)7-13(2,3)12(15)16/h5-6H,7H2,1-4H3,(H,15,16). The predicted octanol–water partition coefficient (Wildman–Crippen LogP) is 2.80. The van der Waals surface area contributed by atoms with Crippen molar-refractivity contribution in [3.05, 3.63) is 29.1 Å². The lowest BCUT2D eigenvalue weighted by atomic mass is 9.85. The fourth-order valence-electron chi connectivity index (χ4n) is 1.60. The Balaban J connectivity index is 3.14. The minimum atomic E-state index is -1.00. The molecule has 0 unspecified atom stereocenters. The molecule has 0 radical (unpaired) electrons. The number of rotatable bonds is 4. The van der Waals surface area contributed by atoms with Crippen molar-refractivity contribution in [3.8, 4) is 5.75 Å². The van der Waals surface area contributed by atoms with Crippen molar-refractivity contribution in [1.29, 1.82) is 0 Å². The summed E-state index contributed by atoms with van der Waals surface area (Å²) >= 11 is 0. The van der Waals surface area contributed by atoms with Crippen molar-refractivity contribution >= 4 is 5.97 Å². The molecule has 0 aliphatic carbocycles. The molecule has 0 amide bonds. The van der Waals surface area contributed by atoms with E-state index in [-0.39, 0.29) is 12.2 Å². The maximum Gasteiger partial charge on any atom is 0.309 e. The Morgan fingerprint density at radius 3 is 2.53 bits per heavy atom. The molecular formula is C13H17FO3. The molecule has 4 heteroatoms. The molecule has 94 valence electrons. The van der Waals surface area contributed by atoms with Gasteiger partial charge in [0.25, 0.3) is 0 Å². The van der Waals surface area contributed by atoms with Gasteiger partial charge in [0, 0.05) is 0 Å². The smallest absolute Gasteiger partial charge is 0.309 e. The van der Waals surface area contributed by atoms with Gasteiger partial charge >= 0.3 is 5.97 Å². The second kappa shape index (κ2) is 4.73. The Morgan fingerprint density at radius 2 is 2.06 bits per heavy atom. The van der Waals surface area contributed by atoms with Gasteiger partial charge in [0.1, 0.15) is 11.6 Å². The molecule has 0 aromatic heterocycles. The van der Waals surface area contributed by atoms with Gasteiger partial charge in [0.2, 0.25) is 0 Å². The van der Waals surface area contributed by atoms with Gasteiger partial charge in [0.05, 0.1) is 12.5 Å². The Labute approximate surface area is 100 Å². The lowest BCUT2D eigenvalue weighted by molar-refractivity contribution is -0.146. The molecule has 17 heavy (non-hydrogen) atoms. The van der Waals surface area contributed by atoms with Gasteiger partial charge in [-0.15, -0.1) is 0 Å². The SMILES string of the molecule is COc1cc(C)c(F)c(CC(C)(C)C(=O)O)c1. The first-order valence-electron chi connectivity index (χ1n) is 5.34. The van der Waals surface area contributed by atoms with Crippen LogP contribution in [0.4, 0.5) is 4.39 Å². The number of aryl methyl sites for hydroxylation is 1. The first-order chi connectivity index (χ1) is 7.77. The minimum absolute atomic E-state index is 0.131. The summed E-state index contributed by atoms with van der Waals surface area (Å²) in [6, 6.07) is 3.14. The van der Waals surface area contributed by atoms with E-state index in [1.165, 1.54) is 7.11 Å². The number of carboxylic acids is 1. The number of aliphatic carboxylic acids is 1. The lowest BCUT2D eigenvalue weighted by Gasteiger charge is -2.20. The van der Waals surface area contributed by atoms with E-state index >= 15 is 0 Å². The molecule has 0 heterocycles. The Kier molecular flexibility index (Phi) is 3.76. The quantitative estimate of drug-likeness (QED) is 0.880. The number of hydrogen-bond acceptors (Lipinski definition) is 2. The molecule has 0 atom stereocenters. The van der Waals surface area contributed by atoms with E-state index < -0.39 is 11.4 Å². The fraction of sp³-hybridized carbons (Fsp3) is 0.462. The third-order valence-electron chi connectivity index (χ3n) is 2.75. The molecule has 0 bridgehead atoms. The van der Waals surface area contributed by atoms with Crippen LogP contribution in [0.2, 0.25) is 0 Å². The normalized spacial score (nSPS) is 11.4. The zero-order valence-electron chi connectivity index (χ0n) is 10.5. The first-order valence-corrected chi connectivity index (χ1v) is 5.34. The van der Waals surface area contributed by atoms with E-state index in [0.29, 0.717) is 16.9 Å². The average Bonchev–Trinajstić information content (AvgIpc) is 2.23. The molecule has 0 fully saturated rings. The van der Waals surface area contributed by atoms with Crippen LogP contribution in [0.25, 0.3) is 0 Å². The van der Waals surface area contributed by atoms with Gasteiger partial charge < -0.3 is 9.84 Å². The zero-order chi connectivity index (χ0) is 13.2. The highest BCUT2D eigenvalue weighted by molar-refractivity contribution is 5.74. The third kappa shape index (κ3) is 2.96. The number of halogens is 1. The molecule has 0 aliphatic heterocycles. The predicted molar refractivity (Wildman–Crippen MR) is 62.8 cm³/mol. The summed E-state index contributed by atoms with van der Waals surface area (Å²) < 4.78 is 18.9. The van der Waals surface area contributed by atoms with Crippen LogP contribution in [-0.2, 0) is 11.2 Å². The summed E-state index contributed by atoms with van der Waals surface area (Å²) in [6.07, 6.45) is 0.131. The monoisotopic (exact) mass is 240 g/mol. The minimum Gasteiger partial charge on any atom is -0.497 e. The van der Waals surface area contributed by atoms with E-state index in [4.69, 9.17) is 9.84 Å². The van der Waals surface area contributed by atoms with Crippen molar-refractivity contribution in [2.75, 3.05) is 7.11 Å². The topological polar surface area (TPSA) is 46.5 Å². The van der Waals surface area contributed by atoms with Crippen LogP contribution in [0.15, 0.2) is 12.1 Å². The maximum atomic E-state index is 13.9. The van der Waals surface area contributed by atoms with Crippen LogP contribution in [0.3, 0.4) is 0 Å². The van der Waals surface area contributed by atoms with E-state index in [1.54, 1.807) is 32.9 Å². The number of methoxy groups -OCH3 is 1. The van der Waals surface area contributed by atoms with Crippen LogP contribution in [0, 0.1) is 18.2 Å². The van der Waals surface area contributed by atoms with E-state index in [0.717, 1.165) is 0 Å². The van der Waals surface area contributed by atoms with E-state index in [2.05, 4.69) is 0 Å².